The highest BCUT2D eigenvalue weighted by atomic mass is 19.1. The molecule has 1 aliphatic rings. The smallest absolute Gasteiger partial charge is 0.254 e. The van der Waals surface area contributed by atoms with Crippen LogP contribution in [0.3, 0.4) is 0 Å². The summed E-state index contributed by atoms with van der Waals surface area (Å²) >= 11 is 0. The van der Waals surface area contributed by atoms with Gasteiger partial charge in [0.05, 0.1) is 24.8 Å². The summed E-state index contributed by atoms with van der Waals surface area (Å²) in [5.74, 6) is -0.858. The van der Waals surface area contributed by atoms with Crippen LogP contribution in [0.15, 0.2) is 18.2 Å². The van der Waals surface area contributed by atoms with Crippen molar-refractivity contribution in [3.05, 3.63) is 35.1 Å². The third-order valence-electron chi connectivity index (χ3n) is 2.34. The standard InChI is InChI=1S/C11H12FNO2/c1-7-2-3-10(12)9(4-7)11(14)13-8-5-15-6-8/h2-4,8H,5-6H2,1H3,(H,13,14). The van der Waals surface area contributed by atoms with E-state index in [4.69, 9.17) is 4.74 Å². The molecule has 0 bridgehead atoms. The van der Waals surface area contributed by atoms with Crippen molar-refractivity contribution >= 4 is 5.91 Å². The number of ether oxygens (including phenoxy) is 1. The third-order valence-corrected chi connectivity index (χ3v) is 2.34. The van der Waals surface area contributed by atoms with Gasteiger partial charge in [-0.2, -0.15) is 0 Å². The minimum atomic E-state index is -0.488. The Balaban J connectivity index is 2.12. The normalized spacial score (nSPS) is 15.9. The molecule has 0 aromatic heterocycles. The van der Waals surface area contributed by atoms with E-state index in [1.54, 1.807) is 12.1 Å². The summed E-state index contributed by atoms with van der Waals surface area (Å²) in [6.07, 6.45) is 0. The third kappa shape index (κ3) is 2.15. The quantitative estimate of drug-likeness (QED) is 0.796. The molecule has 1 aromatic carbocycles. The Morgan fingerprint density at radius 3 is 2.87 bits per heavy atom. The van der Waals surface area contributed by atoms with Crippen LogP contribution in [0.5, 0.6) is 0 Å². The predicted molar refractivity (Wildman–Crippen MR) is 53.2 cm³/mol. The van der Waals surface area contributed by atoms with Gasteiger partial charge in [-0.3, -0.25) is 4.79 Å². The summed E-state index contributed by atoms with van der Waals surface area (Å²) in [5, 5.41) is 2.70. The molecule has 0 saturated carbocycles. The van der Waals surface area contributed by atoms with Crippen LogP contribution in [0.25, 0.3) is 0 Å². The SMILES string of the molecule is Cc1ccc(F)c(C(=O)NC2COC2)c1. The Labute approximate surface area is 87.2 Å². The van der Waals surface area contributed by atoms with Gasteiger partial charge in [0, 0.05) is 0 Å². The summed E-state index contributed by atoms with van der Waals surface area (Å²) < 4.78 is 18.2. The van der Waals surface area contributed by atoms with Gasteiger partial charge < -0.3 is 10.1 Å². The number of amides is 1. The Bertz CT molecular complexity index is 388. The van der Waals surface area contributed by atoms with Gasteiger partial charge in [-0.05, 0) is 19.1 Å². The zero-order valence-electron chi connectivity index (χ0n) is 8.42. The number of halogens is 1. The number of hydrogen-bond donors (Lipinski definition) is 1. The number of carbonyl (C=O) groups is 1. The zero-order valence-corrected chi connectivity index (χ0v) is 8.42. The Kier molecular flexibility index (Phi) is 2.68. The Morgan fingerprint density at radius 1 is 1.53 bits per heavy atom. The number of benzene rings is 1. The molecule has 3 nitrogen and oxygen atoms in total. The first-order chi connectivity index (χ1) is 7.16. The van der Waals surface area contributed by atoms with E-state index in [2.05, 4.69) is 5.32 Å². The lowest BCUT2D eigenvalue weighted by Crippen LogP contribution is -2.48. The van der Waals surface area contributed by atoms with E-state index in [9.17, 15) is 9.18 Å². The van der Waals surface area contributed by atoms with Crippen molar-refractivity contribution in [3.63, 3.8) is 0 Å². The predicted octanol–water partition coefficient (Wildman–Crippen LogP) is 1.26. The van der Waals surface area contributed by atoms with E-state index in [0.717, 1.165) is 5.56 Å². The highest BCUT2D eigenvalue weighted by Gasteiger charge is 2.22. The fourth-order valence-electron chi connectivity index (χ4n) is 1.40. The second kappa shape index (κ2) is 3.98. The van der Waals surface area contributed by atoms with Crippen LogP contribution >= 0.6 is 0 Å². The van der Waals surface area contributed by atoms with Gasteiger partial charge in [-0.15, -0.1) is 0 Å². The maximum Gasteiger partial charge on any atom is 0.254 e. The fraction of sp³-hybridized carbons (Fsp3) is 0.364. The molecule has 0 aliphatic carbocycles. The summed E-state index contributed by atoms with van der Waals surface area (Å²) in [7, 11) is 0. The van der Waals surface area contributed by atoms with Crippen LogP contribution in [-0.2, 0) is 4.74 Å². The van der Waals surface area contributed by atoms with Gasteiger partial charge >= 0.3 is 0 Å². The van der Waals surface area contributed by atoms with Crippen LogP contribution in [-0.4, -0.2) is 25.2 Å². The molecule has 0 unspecified atom stereocenters. The van der Waals surface area contributed by atoms with Crippen LogP contribution in [0.2, 0.25) is 0 Å². The van der Waals surface area contributed by atoms with E-state index in [0.29, 0.717) is 13.2 Å². The first-order valence-corrected chi connectivity index (χ1v) is 4.81. The van der Waals surface area contributed by atoms with Gasteiger partial charge in [0.2, 0.25) is 0 Å². The first-order valence-electron chi connectivity index (χ1n) is 4.81. The van der Waals surface area contributed by atoms with Crippen molar-refractivity contribution in [2.45, 2.75) is 13.0 Å². The van der Waals surface area contributed by atoms with Crippen molar-refractivity contribution < 1.29 is 13.9 Å². The number of rotatable bonds is 2. The fourth-order valence-corrected chi connectivity index (χ4v) is 1.40. The molecular formula is C11H12FNO2. The monoisotopic (exact) mass is 209 g/mol. The molecular weight excluding hydrogens is 197 g/mol. The molecule has 1 heterocycles. The number of carbonyl (C=O) groups excluding carboxylic acids is 1. The second-order valence-corrected chi connectivity index (χ2v) is 3.69. The van der Waals surface area contributed by atoms with Crippen molar-refractivity contribution in [1.82, 2.24) is 5.32 Å². The highest BCUT2D eigenvalue weighted by Crippen LogP contribution is 2.11. The lowest BCUT2D eigenvalue weighted by molar-refractivity contribution is -0.00353. The minimum absolute atomic E-state index is 0.0254. The highest BCUT2D eigenvalue weighted by molar-refractivity contribution is 5.94. The largest absolute Gasteiger partial charge is 0.377 e. The van der Waals surface area contributed by atoms with Crippen molar-refractivity contribution in [3.8, 4) is 0 Å². The lowest BCUT2D eigenvalue weighted by atomic mass is 10.1. The molecule has 0 atom stereocenters. The lowest BCUT2D eigenvalue weighted by Gasteiger charge is -2.26. The molecule has 1 aromatic rings. The average Bonchev–Trinajstić information content (AvgIpc) is 2.15. The van der Waals surface area contributed by atoms with Crippen LogP contribution in [0, 0.1) is 12.7 Å². The van der Waals surface area contributed by atoms with Crippen LogP contribution in [0.1, 0.15) is 15.9 Å². The molecule has 0 spiro atoms. The average molecular weight is 209 g/mol. The number of aryl methyl sites for hydroxylation is 1. The van der Waals surface area contributed by atoms with Gasteiger partial charge in [0.25, 0.3) is 5.91 Å². The van der Waals surface area contributed by atoms with E-state index in [1.807, 2.05) is 6.92 Å². The van der Waals surface area contributed by atoms with Crippen LogP contribution < -0.4 is 5.32 Å². The van der Waals surface area contributed by atoms with Gasteiger partial charge in [-0.25, -0.2) is 4.39 Å². The van der Waals surface area contributed by atoms with Crippen molar-refractivity contribution in [1.29, 1.82) is 0 Å². The number of nitrogens with one attached hydrogen (secondary N) is 1. The molecule has 1 fully saturated rings. The molecule has 80 valence electrons. The maximum atomic E-state index is 13.3. The van der Waals surface area contributed by atoms with Crippen molar-refractivity contribution in [2.75, 3.05) is 13.2 Å². The Hall–Kier alpha value is -1.42. The van der Waals surface area contributed by atoms with Gasteiger partial charge in [0.1, 0.15) is 5.82 Å². The van der Waals surface area contributed by atoms with E-state index in [1.165, 1.54) is 6.07 Å². The molecule has 4 heteroatoms. The van der Waals surface area contributed by atoms with E-state index < -0.39 is 5.82 Å². The topological polar surface area (TPSA) is 38.3 Å². The maximum absolute atomic E-state index is 13.3. The summed E-state index contributed by atoms with van der Waals surface area (Å²) in [6.45, 7) is 2.85. The molecule has 1 N–H and O–H groups in total. The molecule has 0 radical (unpaired) electrons. The van der Waals surface area contributed by atoms with E-state index in [-0.39, 0.29) is 17.5 Å². The molecule has 15 heavy (non-hydrogen) atoms. The molecule has 1 aliphatic heterocycles. The summed E-state index contributed by atoms with van der Waals surface area (Å²) in [5.41, 5.74) is 0.966. The number of hydrogen-bond acceptors (Lipinski definition) is 2. The van der Waals surface area contributed by atoms with E-state index >= 15 is 0 Å². The first kappa shape index (κ1) is 10.1. The van der Waals surface area contributed by atoms with Crippen molar-refractivity contribution in [2.24, 2.45) is 0 Å². The summed E-state index contributed by atoms with van der Waals surface area (Å²) in [6, 6.07) is 4.52. The van der Waals surface area contributed by atoms with Gasteiger partial charge in [0.15, 0.2) is 0 Å². The van der Waals surface area contributed by atoms with Gasteiger partial charge in [-0.1, -0.05) is 11.6 Å². The zero-order chi connectivity index (χ0) is 10.8. The molecule has 2 rings (SSSR count). The molecule has 1 saturated heterocycles. The summed E-state index contributed by atoms with van der Waals surface area (Å²) in [4.78, 5) is 11.6. The Morgan fingerprint density at radius 2 is 2.27 bits per heavy atom. The second-order valence-electron chi connectivity index (χ2n) is 3.69. The minimum Gasteiger partial charge on any atom is -0.377 e. The molecule has 1 amide bonds. The van der Waals surface area contributed by atoms with Crippen LogP contribution in [0.4, 0.5) is 4.39 Å².